The van der Waals surface area contributed by atoms with Gasteiger partial charge in [0.05, 0.1) is 34.2 Å². The molecule has 10 nitrogen and oxygen atoms in total. The van der Waals surface area contributed by atoms with Crippen molar-refractivity contribution in [2.75, 3.05) is 31.3 Å². The molecule has 0 saturated heterocycles. The van der Waals surface area contributed by atoms with Crippen LogP contribution in [0, 0.1) is 0 Å². The number of halogens is 6. The monoisotopic (exact) mass is 679 g/mol. The summed E-state index contributed by atoms with van der Waals surface area (Å²) in [6.07, 6.45) is -1.71. The number of carbonyl (C=O) groups is 3. The lowest BCUT2D eigenvalue weighted by molar-refractivity contribution is -0.192. The highest BCUT2D eigenvalue weighted by atomic mass is 35.5. The van der Waals surface area contributed by atoms with Gasteiger partial charge in [-0.1, -0.05) is 34.8 Å². The average Bonchev–Trinajstić information content (AvgIpc) is 3.61. The van der Waals surface area contributed by atoms with Crippen LogP contribution >= 0.6 is 46.1 Å². The van der Waals surface area contributed by atoms with Crippen molar-refractivity contribution in [3.05, 3.63) is 66.9 Å². The van der Waals surface area contributed by atoms with E-state index in [1.54, 1.807) is 12.1 Å². The van der Waals surface area contributed by atoms with E-state index in [1.165, 1.54) is 36.8 Å². The third-order valence-corrected chi connectivity index (χ3v) is 7.70. The lowest BCUT2D eigenvalue weighted by Gasteiger charge is -2.18. The Kier molecular flexibility index (Phi) is 11.6. The van der Waals surface area contributed by atoms with E-state index in [2.05, 4.69) is 20.6 Å². The largest absolute Gasteiger partial charge is 0.494 e. The molecule has 2 aromatic heterocycles. The molecule has 3 heterocycles. The first-order valence-corrected chi connectivity index (χ1v) is 14.1. The van der Waals surface area contributed by atoms with E-state index in [9.17, 15) is 22.8 Å². The number of hydrogen-bond acceptors (Lipinski definition) is 8. The van der Waals surface area contributed by atoms with Crippen LogP contribution in [-0.4, -0.2) is 65.5 Å². The molecular formula is C26H23Cl3F3N5O5S. The molecule has 0 unspecified atom stereocenters. The summed E-state index contributed by atoms with van der Waals surface area (Å²) in [6, 6.07) is 6.09. The molecule has 0 bridgehead atoms. The van der Waals surface area contributed by atoms with Gasteiger partial charge in [0.2, 0.25) is 0 Å². The molecule has 43 heavy (non-hydrogen) atoms. The summed E-state index contributed by atoms with van der Waals surface area (Å²) < 4.78 is 37.1. The van der Waals surface area contributed by atoms with Crippen molar-refractivity contribution in [2.45, 2.75) is 25.6 Å². The van der Waals surface area contributed by atoms with E-state index in [-0.39, 0.29) is 27.8 Å². The normalized spacial score (nSPS) is 12.5. The maximum Gasteiger partial charge on any atom is 0.490 e. The Hall–Kier alpha value is -3.59. The van der Waals surface area contributed by atoms with Crippen molar-refractivity contribution in [1.82, 2.24) is 9.88 Å². The van der Waals surface area contributed by atoms with Gasteiger partial charge >= 0.3 is 12.1 Å². The van der Waals surface area contributed by atoms with Gasteiger partial charge < -0.3 is 25.4 Å². The van der Waals surface area contributed by atoms with Crippen molar-refractivity contribution >= 4 is 81.3 Å². The van der Waals surface area contributed by atoms with Gasteiger partial charge in [0.25, 0.3) is 11.8 Å². The summed E-state index contributed by atoms with van der Waals surface area (Å²) in [5, 5.41) is 15.5. The zero-order chi connectivity index (χ0) is 31.9. The number of amides is 2. The summed E-state index contributed by atoms with van der Waals surface area (Å²) in [5.41, 5.74) is 1.07. The standard InChI is InChI=1S/C24H22Cl3N5O3S.C2HF3O2/c1-32(19-4-3-7-28-19)11-13-12-36-22(20(13)27)24(34)31-21-16(8-15(26)9-17(21)35-2)23(33)30-18-6-5-14(25)10-29-18;3-2(4,5)1(6)7/h5-6,8-10,12H,3-4,7,11H2,1-2H3,(H,31,34)(H,29,30,33);(H,6,7). The van der Waals surface area contributed by atoms with E-state index < -0.39 is 24.0 Å². The Morgan fingerprint density at radius 3 is 2.37 bits per heavy atom. The maximum absolute atomic E-state index is 13.2. The first-order chi connectivity index (χ1) is 20.2. The Labute approximate surface area is 262 Å². The molecule has 0 radical (unpaired) electrons. The number of aliphatic carboxylic acids is 1. The van der Waals surface area contributed by atoms with Crippen LogP contribution in [-0.2, 0) is 11.3 Å². The first kappa shape index (κ1) is 33.9. The van der Waals surface area contributed by atoms with Crippen molar-refractivity contribution < 1.29 is 37.4 Å². The summed E-state index contributed by atoms with van der Waals surface area (Å²) in [5.74, 6) is -2.25. The van der Waals surface area contributed by atoms with Crippen LogP contribution in [0.3, 0.4) is 0 Å². The number of hydrogen-bond donors (Lipinski definition) is 3. The number of benzene rings is 1. The third kappa shape index (κ3) is 9.20. The highest BCUT2D eigenvalue weighted by Crippen LogP contribution is 2.35. The molecule has 2 amide bonds. The van der Waals surface area contributed by atoms with Gasteiger partial charge in [-0.3, -0.25) is 14.6 Å². The van der Waals surface area contributed by atoms with Gasteiger partial charge in [0, 0.05) is 49.4 Å². The molecule has 1 aliphatic rings. The fraction of sp³-hybridized carbons (Fsp3) is 0.269. The number of carbonyl (C=O) groups excluding carboxylic acids is 2. The third-order valence-electron chi connectivity index (χ3n) is 5.69. The van der Waals surface area contributed by atoms with Gasteiger partial charge in [-0.15, -0.1) is 11.3 Å². The topological polar surface area (TPSA) is 133 Å². The molecule has 17 heteroatoms. The number of ether oxygens (including phenoxy) is 1. The molecule has 0 spiro atoms. The van der Waals surface area contributed by atoms with Crippen molar-refractivity contribution in [2.24, 2.45) is 4.99 Å². The summed E-state index contributed by atoms with van der Waals surface area (Å²) in [4.78, 5) is 46.1. The summed E-state index contributed by atoms with van der Waals surface area (Å²) in [7, 11) is 3.37. The molecular weight excluding hydrogens is 658 g/mol. The van der Waals surface area contributed by atoms with E-state index >= 15 is 0 Å². The number of aliphatic imine (C=N–C) groups is 1. The number of methoxy groups -OCH3 is 1. The molecule has 4 rings (SSSR count). The van der Waals surface area contributed by atoms with Crippen LogP contribution in [0.4, 0.5) is 24.7 Å². The van der Waals surface area contributed by atoms with Gasteiger partial charge in [0.15, 0.2) is 0 Å². The molecule has 0 aliphatic carbocycles. The zero-order valence-electron chi connectivity index (χ0n) is 22.4. The second-order valence-corrected chi connectivity index (χ2v) is 10.9. The predicted molar refractivity (Wildman–Crippen MR) is 159 cm³/mol. The van der Waals surface area contributed by atoms with E-state index in [0.717, 1.165) is 30.8 Å². The van der Waals surface area contributed by atoms with Crippen molar-refractivity contribution in [3.8, 4) is 5.75 Å². The average molecular weight is 681 g/mol. The minimum Gasteiger partial charge on any atom is -0.494 e. The number of amidine groups is 1. The Morgan fingerprint density at radius 2 is 1.81 bits per heavy atom. The second kappa shape index (κ2) is 14.7. The Balaban J connectivity index is 0.000000646. The molecule has 230 valence electrons. The first-order valence-electron chi connectivity index (χ1n) is 12.1. The van der Waals surface area contributed by atoms with Crippen molar-refractivity contribution in [3.63, 3.8) is 0 Å². The van der Waals surface area contributed by atoms with Gasteiger partial charge in [-0.25, -0.2) is 9.78 Å². The number of thiophene rings is 1. The van der Waals surface area contributed by atoms with Crippen LogP contribution in [0.5, 0.6) is 5.75 Å². The Morgan fingerprint density at radius 1 is 1.12 bits per heavy atom. The van der Waals surface area contributed by atoms with Crippen LogP contribution in [0.1, 0.15) is 38.4 Å². The Bertz CT molecular complexity index is 1530. The molecule has 0 atom stereocenters. The highest BCUT2D eigenvalue weighted by molar-refractivity contribution is 7.13. The van der Waals surface area contributed by atoms with Crippen LogP contribution < -0.4 is 15.4 Å². The quantitative estimate of drug-likeness (QED) is 0.248. The number of rotatable bonds is 7. The lowest BCUT2D eigenvalue weighted by atomic mass is 10.1. The van der Waals surface area contributed by atoms with Gasteiger partial charge in [0.1, 0.15) is 16.4 Å². The van der Waals surface area contributed by atoms with Gasteiger partial charge in [-0.05, 0) is 30.0 Å². The number of carboxylic acid groups (broad SMARTS) is 1. The number of nitrogens with one attached hydrogen (secondary N) is 2. The number of aromatic nitrogens is 1. The highest BCUT2D eigenvalue weighted by Gasteiger charge is 2.38. The minimum atomic E-state index is -5.08. The molecule has 1 aromatic carbocycles. The fourth-order valence-corrected chi connectivity index (χ4v) is 5.24. The van der Waals surface area contributed by atoms with E-state index in [4.69, 9.17) is 49.4 Å². The van der Waals surface area contributed by atoms with Crippen molar-refractivity contribution in [1.29, 1.82) is 0 Å². The predicted octanol–water partition coefficient (Wildman–Crippen LogP) is 6.87. The molecule has 1 aliphatic heterocycles. The summed E-state index contributed by atoms with van der Waals surface area (Å²) in [6.45, 7) is 1.37. The second-order valence-electron chi connectivity index (χ2n) is 8.77. The van der Waals surface area contributed by atoms with Crippen LogP contribution in [0.2, 0.25) is 15.1 Å². The summed E-state index contributed by atoms with van der Waals surface area (Å²) >= 11 is 19.9. The minimum absolute atomic E-state index is 0.0938. The van der Waals surface area contributed by atoms with Crippen LogP contribution in [0.25, 0.3) is 0 Å². The number of anilines is 2. The zero-order valence-corrected chi connectivity index (χ0v) is 25.5. The smallest absolute Gasteiger partial charge is 0.490 e. The SMILES string of the molecule is COc1cc(Cl)cc(C(=O)Nc2ccc(Cl)cn2)c1NC(=O)c1scc(CN(C)C2=NCCC2)c1Cl.O=C(O)C(F)(F)F. The molecule has 0 saturated carbocycles. The number of nitrogens with zero attached hydrogens (tertiary/aromatic N) is 3. The molecule has 3 N–H and O–H groups in total. The fourth-order valence-electron chi connectivity index (χ4n) is 3.68. The lowest BCUT2D eigenvalue weighted by Crippen LogP contribution is -2.24. The maximum atomic E-state index is 13.2. The van der Waals surface area contributed by atoms with E-state index in [0.29, 0.717) is 21.5 Å². The van der Waals surface area contributed by atoms with E-state index in [1.807, 2.05) is 17.3 Å². The number of alkyl halides is 3. The molecule has 0 fully saturated rings. The van der Waals surface area contributed by atoms with Gasteiger partial charge in [-0.2, -0.15) is 13.2 Å². The number of pyridine rings is 1. The number of carboxylic acids is 1. The van der Waals surface area contributed by atoms with Crippen LogP contribution in [0.15, 0.2) is 40.8 Å². The molecule has 3 aromatic rings.